The fourth-order valence-electron chi connectivity index (χ4n) is 6.42. The van der Waals surface area contributed by atoms with Gasteiger partial charge < -0.3 is 9.84 Å². The van der Waals surface area contributed by atoms with E-state index >= 15 is 0 Å². The summed E-state index contributed by atoms with van der Waals surface area (Å²) in [7, 11) is 0. The smallest absolute Gasteiger partial charge is 0.306 e. The lowest BCUT2D eigenvalue weighted by atomic mass is 10.0. The summed E-state index contributed by atoms with van der Waals surface area (Å²) in [6.45, 7) is 4.55. The predicted molar refractivity (Wildman–Crippen MR) is 200 cm³/mol. The van der Waals surface area contributed by atoms with E-state index in [2.05, 4.69) is 26.0 Å². The highest BCUT2D eigenvalue weighted by Crippen LogP contribution is 2.19. The molecule has 1 atom stereocenters. The van der Waals surface area contributed by atoms with Gasteiger partial charge in [0, 0.05) is 12.8 Å². The molecule has 0 aliphatic carbocycles. The number of unbranched alkanes of at least 4 members (excludes halogenated alkanes) is 27. The molecule has 0 rings (SSSR count). The zero-order valence-electron chi connectivity index (χ0n) is 31.2. The quantitative estimate of drug-likeness (QED) is 0.0411. The monoisotopic (exact) mass is 649 g/mol. The average Bonchev–Trinajstić information content (AvgIpc) is 3.04. The van der Waals surface area contributed by atoms with Crippen LogP contribution in [0.25, 0.3) is 0 Å². The largest absolute Gasteiger partial charge is 0.481 e. The molecular formula is C42H80O4. The van der Waals surface area contributed by atoms with Crippen LogP contribution in [0.15, 0.2) is 12.2 Å². The third-order valence-electron chi connectivity index (χ3n) is 9.49. The lowest BCUT2D eigenvalue weighted by Gasteiger charge is -2.18. The van der Waals surface area contributed by atoms with Crippen LogP contribution in [0.4, 0.5) is 0 Å². The first-order chi connectivity index (χ1) is 22.6. The van der Waals surface area contributed by atoms with Crippen LogP contribution in [-0.4, -0.2) is 23.1 Å². The predicted octanol–water partition coefficient (Wildman–Crippen LogP) is 14.2. The Balaban J connectivity index is 4.02. The zero-order chi connectivity index (χ0) is 33.6. The molecule has 1 N–H and O–H groups in total. The van der Waals surface area contributed by atoms with E-state index in [0.29, 0.717) is 6.42 Å². The molecule has 4 nitrogen and oxygen atoms in total. The van der Waals surface area contributed by atoms with E-state index in [9.17, 15) is 9.59 Å². The van der Waals surface area contributed by atoms with Crippen molar-refractivity contribution < 1.29 is 19.4 Å². The molecule has 0 aliphatic heterocycles. The number of rotatable bonds is 38. The first-order valence-corrected chi connectivity index (χ1v) is 20.7. The molecule has 46 heavy (non-hydrogen) atoms. The number of esters is 1. The minimum Gasteiger partial charge on any atom is -0.481 e. The van der Waals surface area contributed by atoms with Crippen LogP contribution in [0.3, 0.4) is 0 Å². The van der Waals surface area contributed by atoms with Crippen molar-refractivity contribution >= 4 is 11.9 Å². The van der Waals surface area contributed by atoms with Gasteiger partial charge in [0.25, 0.3) is 0 Å². The molecule has 0 aromatic rings. The van der Waals surface area contributed by atoms with Gasteiger partial charge in [0.05, 0.1) is 0 Å². The summed E-state index contributed by atoms with van der Waals surface area (Å²) in [5.74, 6) is -0.699. The van der Waals surface area contributed by atoms with Gasteiger partial charge in [-0.1, -0.05) is 174 Å². The molecule has 0 aromatic carbocycles. The third-order valence-corrected chi connectivity index (χ3v) is 9.49. The van der Waals surface area contributed by atoms with Crippen molar-refractivity contribution in [3.63, 3.8) is 0 Å². The van der Waals surface area contributed by atoms with Crippen LogP contribution < -0.4 is 0 Å². The van der Waals surface area contributed by atoms with Crippen molar-refractivity contribution in [2.24, 2.45) is 0 Å². The highest BCUT2D eigenvalue weighted by atomic mass is 16.5. The summed E-state index contributed by atoms with van der Waals surface area (Å²) in [6.07, 6.45) is 46.6. The van der Waals surface area contributed by atoms with E-state index in [0.717, 1.165) is 64.2 Å². The van der Waals surface area contributed by atoms with E-state index in [-0.39, 0.29) is 18.5 Å². The third kappa shape index (κ3) is 37.1. The summed E-state index contributed by atoms with van der Waals surface area (Å²) >= 11 is 0. The summed E-state index contributed by atoms with van der Waals surface area (Å²) in [5.41, 5.74) is 0. The Hall–Kier alpha value is -1.32. The van der Waals surface area contributed by atoms with Gasteiger partial charge in [-0.3, -0.25) is 9.59 Å². The van der Waals surface area contributed by atoms with Gasteiger partial charge in [0.2, 0.25) is 0 Å². The molecular weight excluding hydrogens is 568 g/mol. The molecule has 0 spiro atoms. The fourth-order valence-corrected chi connectivity index (χ4v) is 6.42. The van der Waals surface area contributed by atoms with Gasteiger partial charge >= 0.3 is 11.9 Å². The van der Waals surface area contributed by atoms with E-state index < -0.39 is 5.97 Å². The van der Waals surface area contributed by atoms with E-state index in [4.69, 9.17) is 9.84 Å². The van der Waals surface area contributed by atoms with Crippen LogP contribution in [0, 0.1) is 0 Å². The van der Waals surface area contributed by atoms with Crippen LogP contribution in [0.5, 0.6) is 0 Å². The molecule has 0 aromatic heterocycles. The van der Waals surface area contributed by atoms with Crippen molar-refractivity contribution in [1.82, 2.24) is 0 Å². The van der Waals surface area contributed by atoms with Gasteiger partial charge in [-0.25, -0.2) is 0 Å². The molecule has 0 radical (unpaired) electrons. The van der Waals surface area contributed by atoms with Gasteiger partial charge in [-0.15, -0.1) is 0 Å². The van der Waals surface area contributed by atoms with Crippen molar-refractivity contribution in [3.8, 4) is 0 Å². The number of aliphatic carboxylic acids is 1. The molecule has 0 bridgehead atoms. The average molecular weight is 649 g/mol. The number of carboxylic acids is 1. The topological polar surface area (TPSA) is 63.6 Å². The van der Waals surface area contributed by atoms with Crippen molar-refractivity contribution in [1.29, 1.82) is 0 Å². The molecule has 0 aliphatic rings. The summed E-state index contributed by atoms with van der Waals surface area (Å²) in [5, 5.41) is 8.82. The second-order valence-electron chi connectivity index (χ2n) is 14.2. The molecule has 4 heteroatoms. The van der Waals surface area contributed by atoms with Gasteiger partial charge in [0.1, 0.15) is 6.10 Å². The first-order valence-electron chi connectivity index (χ1n) is 20.7. The lowest BCUT2D eigenvalue weighted by molar-refractivity contribution is -0.150. The number of carbonyl (C=O) groups is 2. The highest BCUT2D eigenvalue weighted by Gasteiger charge is 2.14. The van der Waals surface area contributed by atoms with E-state index in [1.54, 1.807) is 0 Å². The maximum Gasteiger partial charge on any atom is 0.306 e. The first kappa shape index (κ1) is 44.7. The molecule has 0 fully saturated rings. The Morgan fingerprint density at radius 2 is 0.783 bits per heavy atom. The standard InChI is InChI=1S/C42H80O4/c1-3-5-7-9-11-13-15-17-19-21-23-25-28-32-36-40(37-33-29-27-30-34-38-41(43)44)46-42(45)39-35-31-26-24-22-20-18-16-14-12-10-8-6-4-2/h16,18,40H,3-15,17,19-39H2,1-2H3,(H,43,44)/b18-16-. The Kier molecular flexibility index (Phi) is 37.0. The van der Waals surface area contributed by atoms with Gasteiger partial charge in [-0.2, -0.15) is 0 Å². The number of allylic oxidation sites excluding steroid dienone is 2. The fraction of sp³-hybridized carbons (Fsp3) is 0.905. The molecule has 272 valence electrons. The summed E-state index contributed by atoms with van der Waals surface area (Å²) in [6, 6.07) is 0. The van der Waals surface area contributed by atoms with Crippen LogP contribution in [0.1, 0.15) is 239 Å². The maximum atomic E-state index is 12.7. The molecule has 1 unspecified atom stereocenters. The maximum absolute atomic E-state index is 12.7. The van der Waals surface area contributed by atoms with Crippen molar-refractivity contribution in [3.05, 3.63) is 12.2 Å². The van der Waals surface area contributed by atoms with Crippen LogP contribution >= 0.6 is 0 Å². The molecule has 0 amide bonds. The number of carboxylic acid groups (broad SMARTS) is 1. The number of carbonyl (C=O) groups excluding carboxylic acids is 1. The second kappa shape index (κ2) is 38.1. The van der Waals surface area contributed by atoms with Crippen LogP contribution in [0.2, 0.25) is 0 Å². The minimum absolute atomic E-state index is 0.00121. The highest BCUT2D eigenvalue weighted by molar-refractivity contribution is 5.69. The van der Waals surface area contributed by atoms with Crippen molar-refractivity contribution in [2.45, 2.75) is 245 Å². The zero-order valence-corrected chi connectivity index (χ0v) is 31.2. The number of hydrogen-bond acceptors (Lipinski definition) is 3. The molecule has 0 heterocycles. The van der Waals surface area contributed by atoms with Crippen molar-refractivity contribution in [2.75, 3.05) is 0 Å². The Labute approximate surface area is 287 Å². The Morgan fingerprint density at radius 1 is 0.457 bits per heavy atom. The molecule has 0 saturated heterocycles. The van der Waals surface area contributed by atoms with Gasteiger partial charge in [0.15, 0.2) is 0 Å². The Morgan fingerprint density at radius 3 is 1.17 bits per heavy atom. The minimum atomic E-state index is -0.698. The second-order valence-corrected chi connectivity index (χ2v) is 14.2. The van der Waals surface area contributed by atoms with Crippen LogP contribution in [-0.2, 0) is 14.3 Å². The summed E-state index contributed by atoms with van der Waals surface area (Å²) in [4.78, 5) is 23.4. The van der Waals surface area contributed by atoms with Gasteiger partial charge in [-0.05, 0) is 64.2 Å². The normalized spacial score (nSPS) is 12.2. The summed E-state index contributed by atoms with van der Waals surface area (Å²) < 4.78 is 6.01. The SMILES string of the molecule is CCCCCCC/C=C\CCCCCCCC(=O)OC(CCCCCCCCCCCCCCCC)CCCCCCCC(=O)O. The number of ether oxygens (including phenoxy) is 1. The van der Waals surface area contributed by atoms with E-state index in [1.165, 1.54) is 148 Å². The lowest BCUT2D eigenvalue weighted by Crippen LogP contribution is -2.18. The number of hydrogen-bond donors (Lipinski definition) is 1. The molecule has 0 saturated carbocycles. The van der Waals surface area contributed by atoms with E-state index in [1.807, 2.05) is 0 Å². The Bertz CT molecular complexity index is 658.